The summed E-state index contributed by atoms with van der Waals surface area (Å²) < 4.78 is 1.15. The van der Waals surface area contributed by atoms with Crippen molar-refractivity contribution >= 4 is 39.0 Å². The lowest BCUT2D eigenvalue weighted by Crippen LogP contribution is -2.21. The van der Waals surface area contributed by atoms with Gasteiger partial charge in [-0.1, -0.05) is 0 Å². The van der Waals surface area contributed by atoms with Gasteiger partial charge in [0.2, 0.25) is 0 Å². The van der Waals surface area contributed by atoms with Crippen molar-refractivity contribution in [3.63, 3.8) is 0 Å². The molecule has 0 aromatic carbocycles. The van der Waals surface area contributed by atoms with Gasteiger partial charge >= 0.3 is 0 Å². The number of hydrogen-bond acceptors (Lipinski definition) is 4. The molecule has 0 amide bonds. The van der Waals surface area contributed by atoms with Gasteiger partial charge < -0.3 is 5.73 Å². The minimum Gasteiger partial charge on any atom is -0.327 e. The Morgan fingerprint density at radius 1 is 1.29 bits per heavy atom. The van der Waals surface area contributed by atoms with Gasteiger partial charge in [-0.3, -0.25) is 4.98 Å². The molecule has 2 atom stereocenters. The summed E-state index contributed by atoms with van der Waals surface area (Å²) in [6, 6.07) is 8.35. The SMILES string of the molecule is CC(N)C(Sc1ccncc1)c1ccc(Br)s1. The van der Waals surface area contributed by atoms with Gasteiger partial charge in [0.15, 0.2) is 0 Å². The minimum atomic E-state index is 0.110. The van der Waals surface area contributed by atoms with Gasteiger partial charge in [-0.2, -0.15) is 0 Å². The molecule has 0 saturated carbocycles. The molecule has 2 N–H and O–H groups in total. The van der Waals surface area contributed by atoms with Crippen LogP contribution in [0.2, 0.25) is 0 Å². The first kappa shape index (κ1) is 13.1. The number of nitrogens with two attached hydrogens (primary N) is 1. The first-order valence-electron chi connectivity index (χ1n) is 5.24. The first-order chi connectivity index (χ1) is 8.16. The molecule has 0 saturated heterocycles. The molecule has 0 spiro atoms. The van der Waals surface area contributed by atoms with Crippen LogP contribution in [0.3, 0.4) is 0 Å². The smallest absolute Gasteiger partial charge is 0.0701 e. The predicted molar refractivity (Wildman–Crippen MR) is 78.5 cm³/mol. The van der Waals surface area contributed by atoms with Crippen molar-refractivity contribution in [2.45, 2.75) is 23.1 Å². The lowest BCUT2D eigenvalue weighted by molar-refractivity contribution is 0.730. The van der Waals surface area contributed by atoms with Crippen LogP contribution in [0.15, 0.2) is 45.3 Å². The van der Waals surface area contributed by atoms with Crippen molar-refractivity contribution < 1.29 is 0 Å². The number of thiophene rings is 1. The summed E-state index contributed by atoms with van der Waals surface area (Å²) in [4.78, 5) is 6.53. The van der Waals surface area contributed by atoms with Crippen LogP contribution in [0.25, 0.3) is 0 Å². The molecule has 2 unspecified atom stereocenters. The van der Waals surface area contributed by atoms with Gasteiger partial charge in [-0.15, -0.1) is 23.1 Å². The van der Waals surface area contributed by atoms with Gasteiger partial charge in [-0.25, -0.2) is 0 Å². The van der Waals surface area contributed by atoms with Crippen molar-refractivity contribution in [3.05, 3.63) is 45.3 Å². The minimum absolute atomic E-state index is 0.110. The fourth-order valence-corrected chi connectivity index (χ4v) is 4.26. The zero-order valence-electron chi connectivity index (χ0n) is 9.34. The van der Waals surface area contributed by atoms with E-state index in [4.69, 9.17) is 5.73 Å². The van der Waals surface area contributed by atoms with E-state index in [1.807, 2.05) is 31.5 Å². The summed E-state index contributed by atoms with van der Waals surface area (Å²) in [6.07, 6.45) is 3.62. The molecule has 17 heavy (non-hydrogen) atoms. The van der Waals surface area contributed by atoms with Crippen LogP contribution in [0.1, 0.15) is 17.1 Å². The van der Waals surface area contributed by atoms with Gasteiger partial charge in [0.1, 0.15) is 0 Å². The van der Waals surface area contributed by atoms with Crippen LogP contribution in [0.5, 0.6) is 0 Å². The summed E-state index contributed by atoms with van der Waals surface area (Å²) in [6.45, 7) is 2.05. The molecule has 2 aromatic heterocycles. The monoisotopic (exact) mass is 328 g/mol. The number of pyridine rings is 1. The summed E-state index contributed by atoms with van der Waals surface area (Å²) in [5.41, 5.74) is 6.08. The Kier molecular flexibility index (Phi) is 4.62. The second-order valence-corrected chi connectivity index (χ2v) is 7.43. The Balaban J connectivity index is 2.19. The Hall–Kier alpha value is -0.360. The zero-order chi connectivity index (χ0) is 12.3. The third-order valence-electron chi connectivity index (χ3n) is 2.26. The van der Waals surface area contributed by atoms with Crippen LogP contribution in [-0.2, 0) is 0 Å². The molecule has 2 aromatic rings. The van der Waals surface area contributed by atoms with Gasteiger partial charge in [0, 0.05) is 28.2 Å². The Morgan fingerprint density at radius 2 is 2.00 bits per heavy atom. The molecule has 0 radical (unpaired) electrons. The number of aromatic nitrogens is 1. The molecule has 2 heterocycles. The van der Waals surface area contributed by atoms with Gasteiger partial charge in [0.05, 0.1) is 9.04 Å². The first-order valence-corrected chi connectivity index (χ1v) is 7.73. The van der Waals surface area contributed by atoms with Crippen molar-refractivity contribution in [1.82, 2.24) is 4.98 Å². The largest absolute Gasteiger partial charge is 0.327 e. The van der Waals surface area contributed by atoms with Crippen molar-refractivity contribution in [1.29, 1.82) is 0 Å². The van der Waals surface area contributed by atoms with E-state index in [1.54, 1.807) is 23.1 Å². The summed E-state index contributed by atoms with van der Waals surface area (Å²) in [7, 11) is 0. The topological polar surface area (TPSA) is 38.9 Å². The summed E-state index contributed by atoms with van der Waals surface area (Å²) in [5, 5.41) is 0.286. The number of rotatable bonds is 4. The second kappa shape index (κ2) is 6.00. The molecule has 2 nitrogen and oxygen atoms in total. The predicted octanol–water partition coefficient (Wildman–Crippen LogP) is 4.09. The lowest BCUT2D eigenvalue weighted by atomic mass is 10.2. The van der Waals surface area contributed by atoms with E-state index < -0.39 is 0 Å². The average Bonchev–Trinajstić information content (AvgIpc) is 2.73. The molecule has 90 valence electrons. The van der Waals surface area contributed by atoms with Crippen LogP contribution >= 0.6 is 39.0 Å². The number of nitrogens with zero attached hydrogens (tertiary/aromatic N) is 1. The lowest BCUT2D eigenvalue weighted by Gasteiger charge is -2.18. The highest BCUT2D eigenvalue weighted by Gasteiger charge is 2.19. The van der Waals surface area contributed by atoms with E-state index in [1.165, 1.54) is 9.77 Å². The zero-order valence-corrected chi connectivity index (χ0v) is 12.6. The molecule has 0 aliphatic carbocycles. The highest BCUT2D eigenvalue weighted by atomic mass is 79.9. The Bertz CT molecular complexity index is 470. The average molecular weight is 329 g/mol. The van der Waals surface area contributed by atoms with E-state index in [-0.39, 0.29) is 11.3 Å². The van der Waals surface area contributed by atoms with Crippen LogP contribution in [-0.4, -0.2) is 11.0 Å². The molecule has 0 aliphatic heterocycles. The van der Waals surface area contributed by atoms with Crippen molar-refractivity contribution in [2.24, 2.45) is 5.73 Å². The van der Waals surface area contributed by atoms with E-state index in [2.05, 4.69) is 33.0 Å². The quantitative estimate of drug-likeness (QED) is 0.859. The maximum Gasteiger partial charge on any atom is 0.0701 e. The molecule has 0 fully saturated rings. The normalized spacial score (nSPS) is 14.5. The van der Waals surface area contributed by atoms with E-state index in [9.17, 15) is 0 Å². The maximum atomic E-state index is 6.08. The van der Waals surface area contributed by atoms with Crippen LogP contribution in [0.4, 0.5) is 0 Å². The Labute approximate surface area is 118 Å². The number of thioether (sulfide) groups is 1. The van der Waals surface area contributed by atoms with Gasteiger partial charge in [0.25, 0.3) is 0 Å². The Morgan fingerprint density at radius 3 is 2.53 bits per heavy atom. The second-order valence-electron chi connectivity index (χ2n) is 3.72. The highest BCUT2D eigenvalue weighted by Crippen LogP contribution is 2.40. The van der Waals surface area contributed by atoms with E-state index in [0.717, 1.165) is 3.79 Å². The van der Waals surface area contributed by atoms with E-state index in [0.29, 0.717) is 0 Å². The summed E-state index contributed by atoms with van der Waals surface area (Å²) in [5.74, 6) is 0. The number of halogens is 1. The molecule has 0 aliphatic rings. The molecule has 2 rings (SSSR count). The number of hydrogen-bond donors (Lipinski definition) is 1. The van der Waals surface area contributed by atoms with E-state index >= 15 is 0 Å². The van der Waals surface area contributed by atoms with Crippen molar-refractivity contribution in [3.8, 4) is 0 Å². The standard InChI is InChI=1S/C12H13BrN2S2/c1-8(14)12(10-2-3-11(13)17-10)16-9-4-6-15-7-5-9/h2-8,12H,14H2,1H3. The van der Waals surface area contributed by atoms with Gasteiger partial charge in [-0.05, 0) is 47.1 Å². The molecular formula is C12H13BrN2S2. The molecule has 5 heteroatoms. The highest BCUT2D eigenvalue weighted by molar-refractivity contribution is 9.11. The van der Waals surface area contributed by atoms with Crippen LogP contribution < -0.4 is 5.73 Å². The fraction of sp³-hybridized carbons (Fsp3) is 0.250. The maximum absolute atomic E-state index is 6.08. The molecule has 0 bridgehead atoms. The summed E-state index contributed by atoms with van der Waals surface area (Å²) >= 11 is 7.02. The fourth-order valence-electron chi connectivity index (χ4n) is 1.47. The third-order valence-corrected chi connectivity index (χ3v) is 5.60. The van der Waals surface area contributed by atoms with Crippen LogP contribution in [0, 0.1) is 0 Å². The van der Waals surface area contributed by atoms with Crippen molar-refractivity contribution in [2.75, 3.05) is 0 Å². The third kappa shape index (κ3) is 3.55. The molecular weight excluding hydrogens is 316 g/mol.